The van der Waals surface area contributed by atoms with Crippen LogP contribution < -0.4 is 15.8 Å². The van der Waals surface area contributed by atoms with Crippen molar-refractivity contribution in [3.63, 3.8) is 0 Å². The molecule has 0 saturated heterocycles. The van der Waals surface area contributed by atoms with Crippen molar-refractivity contribution in [1.82, 2.24) is 0 Å². The van der Waals surface area contributed by atoms with Gasteiger partial charge in [-0.3, -0.25) is 0 Å². The lowest BCUT2D eigenvalue weighted by molar-refractivity contribution is 0.340. The molecule has 0 aliphatic heterocycles. The molecular formula is C14H18N2OS. The van der Waals surface area contributed by atoms with Crippen molar-refractivity contribution < 1.29 is 4.74 Å². The molecule has 1 atom stereocenters. The molecule has 1 unspecified atom stereocenters. The summed E-state index contributed by atoms with van der Waals surface area (Å²) in [5.41, 5.74) is 8.84. The van der Waals surface area contributed by atoms with E-state index < -0.39 is 0 Å². The molecule has 1 aromatic carbocycles. The fourth-order valence-electron chi connectivity index (χ4n) is 1.81. The summed E-state index contributed by atoms with van der Waals surface area (Å²) >= 11 is 1.70. The van der Waals surface area contributed by atoms with E-state index in [2.05, 4.69) is 29.1 Å². The largest absolute Gasteiger partial charge is 0.494 e. The first-order valence-electron chi connectivity index (χ1n) is 6.01. The Labute approximate surface area is 112 Å². The van der Waals surface area contributed by atoms with E-state index >= 15 is 0 Å². The Morgan fingerprint density at radius 1 is 1.39 bits per heavy atom. The molecule has 0 saturated carbocycles. The van der Waals surface area contributed by atoms with Gasteiger partial charge in [-0.05, 0) is 42.3 Å². The SMILES string of the molecule is CCOc1cc(N)cc(NC(C)c2ccsc2)c1. The third-order valence-corrected chi connectivity index (χ3v) is 3.37. The molecule has 0 spiro atoms. The number of hydrogen-bond donors (Lipinski definition) is 2. The van der Waals surface area contributed by atoms with Crippen LogP contribution in [0.15, 0.2) is 35.0 Å². The van der Waals surface area contributed by atoms with Gasteiger partial charge in [0.15, 0.2) is 0 Å². The van der Waals surface area contributed by atoms with Crippen LogP contribution in [0.25, 0.3) is 0 Å². The molecule has 0 bridgehead atoms. The molecular weight excluding hydrogens is 244 g/mol. The highest BCUT2D eigenvalue weighted by molar-refractivity contribution is 7.07. The summed E-state index contributed by atoms with van der Waals surface area (Å²) in [5, 5.41) is 7.66. The van der Waals surface area contributed by atoms with Crippen LogP contribution in [0.3, 0.4) is 0 Å². The van der Waals surface area contributed by atoms with Gasteiger partial charge in [0.2, 0.25) is 0 Å². The minimum absolute atomic E-state index is 0.257. The van der Waals surface area contributed by atoms with Gasteiger partial charge in [0.05, 0.1) is 6.61 Å². The maximum absolute atomic E-state index is 5.87. The number of benzene rings is 1. The van der Waals surface area contributed by atoms with Crippen molar-refractivity contribution in [1.29, 1.82) is 0 Å². The first kappa shape index (κ1) is 12.8. The second-order valence-corrected chi connectivity index (χ2v) is 4.93. The Morgan fingerprint density at radius 3 is 2.89 bits per heavy atom. The zero-order valence-corrected chi connectivity index (χ0v) is 11.5. The molecule has 0 fully saturated rings. The quantitative estimate of drug-likeness (QED) is 0.803. The molecule has 2 rings (SSSR count). The van der Waals surface area contributed by atoms with Gasteiger partial charge in [-0.2, -0.15) is 11.3 Å². The number of ether oxygens (including phenoxy) is 1. The fraction of sp³-hybridized carbons (Fsp3) is 0.286. The average molecular weight is 262 g/mol. The number of nitrogens with two attached hydrogens (primary N) is 1. The highest BCUT2D eigenvalue weighted by Gasteiger charge is 2.07. The molecule has 3 nitrogen and oxygen atoms in total. The van der Waals surface area contributed by atoms with Gasteiger partial charge in [-0.25, -0.2) is 0 Å². The summed E-state index contributed by atoms with van der Waals surface area (Å²) < 4.78 is 5.48. The van der Waals surface area contributed by atoms with Crippen LogP contribution >= 0.6 is 11.3 Å². The normalized spacial score (nSPS) is 12.1. The van der Waals surface area contributed by atoms with Crippen LogP contribution in [-0.4, -0.2) is 6.61 Å². The Bertz CT molecular complexity index is 497. The number of anilines is 2. The predicted octanol–water partition coefficient (Wildman–Crippen LogP) is 3.90. The Balaban J connectivity index is 2.13. The highest BCUT2D eigenvalue weighted by Crippen LogP contribution is 2.26. The first-order valence-corrected chi connectivity index (χ1v) is 6.95. The van der Waals surface area contributed by atoms with Crippen LogP contribution in [0, 0.1) is 0 Å². The van der Waals surface area contributed by atoms with Gasteiger partial charge in [-0.15, -0.1) is 0 Å². The van der Waals surface area contributed by atoms with Gasteiger partial charge in [0, 0.05) is 29.5 Å². The second-order valence-electron chi connectivity index (χ2n) is 4.15. The van der Waals surface area contributed by atoms with E-state index in [1.165, 1.54) is 5.56 Å². The van der Waals surface area contributed by atoms with E-state index in [-0.39, 0.29) is 6.04 Å². The lowest BCUT2D eigenvalue weighted by Gasteiger charge is -2.15. The maximum Gasteiger partial charge on any atom is 0.123 e. The summed E-state index contributed by atoms with van der Waals surface area (Å²) in [4.78, 5) is 0. The number of nitrogen functional groups attached to an aromatic ring is 1. The molecule has 0 amide bonds. The van der Waals surface area contributed by atoms with E-state index in [1.54, 1.807) is 11.3 Å². The van der Waals surface area contributed by atoms with Gasteiger partial charge in [-0.1, -0.05) is 0 Å². The van der Waals surface area contributed by atoms with E-state index in [9.17, 15) is 0 Å². The second kappa shape index (κ2) is 5.78. The lowest BCUT2D eigenvalue weighted by atomic mass is 10.1. The van der Waals surface area contributed by atoms with Crippen LogP contribution in [0.1, 0.15) is 25.5 Å². The summed E-state index contributed by atoms with van der Waals surface area (Å²) in [7, 11) is 0. The third kappa shape index (κ3) is 3.17. The Morgan fingerprint density at radius 2 is 2.22 bits per heavy atom. The highest BCUT2D eigenvalue weighted by atomic mass is 32.1. The number of thiophene rings is 1. The van der Waals surface area contributed by atoms with Crippen molar-refractivity contribution in [2.24, 2.45) is 0 Å². The molecule has 1 aromatic heterocycles. The summed E-state index contributed by atoms with van der Waals surface area (Å²) in [6, 6.07) is 8.11. The van der Waals surface area contributed by atoms with E-state index in [1.807, 2.05) is 25.1 Å². The van der Waals surface area contributed by atoms with Crippen LogP contribution in [0.4, 0.5) is 11.4 Å². The number of hydrogen-bond acceptors (Lipinski definition) is 4. The van der Waals surface area contributed by atoms with Gasteiger partial charge in [0.25, 0.3) is 0 Å². The summed E-state index contributed by atoms with van der Waals surface area (Å²) in [6.07, 6.45) is 0. The van der Waals surface area contributed by atoms with Crippen molar-refractivity contribution in [3.8, 4) is 5.75 Å². The zero-order valence-electron chi connectivity index (χ0n) is 10.6. The molecule has 3 N–H and O–H groups in total. The minimum Gasteiger partial charge on any atom is -0.494 e. The molecule has 96 valence electrons. The minimum atomic E-state index is 0.257. The van der Waals surface area contributed by atoms with Crippen molar-refractivity contribution in [2.45, 2.75) is 19.9 Å². The molecule has 0 radical (unpaired) electrons. The van der Waals surface area contributed by atoms with E-state index in [0.29, 0.717) is 12.3 Å². The molecule has 2 aromatic rings. The average Bonchev–Trinajstić information content (AvgIpc) is 2.81. The topological polar surface area (TPSA) is 47.3 Å². The monoisotopic (exact) mass is 262 g/mol. The van der Waals surface area contributed by atoms with Crippen molar-refractivity contribution in [2.75, 3.05) is 17.7 Å². The zero-order chi connectivity index (χ0) is 13.0. The van der Waals surface area contributed by atoms with Crippen molar-refractivity contribution >= 4 is 22.7 Å². The fourth-order valence-corrected chi connectivity index (χ4v) is 2.56. The molecule has 0 aliphatic rings. The van der Waals surface area contributed by atoms with E-state index in [4.69, 9.17) is 10.5 Å². The van der Waals surface area contributed by atoms with Crippen LogP contribution in [-0.2, 0) is 0 Å². The predicted molar refractivity (Wildman–Crippen MR) is 78.4 cm³/mol. The molecule has 1 heterocycles. The van der Waals surface area contributed by atoms with Crippen LogP contribution in [0.2, 0.25) is 0 Å². The Kier molecular flexibility index (Phi) is 4.10. The smallest absolute Gasteiger partial charge is 0.123 e. The summed E-state index contributed by atoms with van der Waals surface area (Å²) in [5.74, 6) is 0.803. The van der Waals surface area contributed by atoms with Crippen LogP contribution in [0.5, 0.6) is 5.75 Å². The first-order chi connectivity index (χ1) is 8.69. The van der Waals surface area contributed by atoms with Gasteiger partial charge >= 0.3 is 0 Å². The number of nitrogens with one attached hydrogen (secondary N) is 1. The lowest BCUT2D eigenvalue weighted by Crippen LogP contribution is -2.06. The van der Waals surface area contributed by atoms with E-state index in [0.717, 1.165) is 11.4 Å². The third-order valence-electron chi connectivity index (χ3n) is 2.67. The molecule has 0 aliphatic carbocycles. The summed E-state index contributed by atoms with van der Waals surface area (Å²) in [6.45, 7) is 4.73. The molecule has 18 heavy (non-hydrogen) atoms. The van der Waals surface area contributed by atoms with Gasteiger partial charge in [0.1, 0.15) is 5.75 Å². The molecule has 4 heteroatoms. The standard InChI is InChI=1S/C14H18N2OS/c1-3-17-14-7-12(15)6-13(8-14)16-10(2)11-4-5-18-9-11/h4-10,16H,3,15H2,1-2H3. The maximum atomic E-state index is 5.87. The Hall–Kier alpha value is -1.68. The van der Waals surface area contributed by atoms with Gasteiger partial charge < -0.3 is 15.8 Å². The number of rotatable bonds is 5. The van der Waals surface area contributed by atoms with Crippen molar-refractivity contribution in [3.05, 3.63) is 40.6 Å².